The predicted molar refractivity (Wildman–Crippen MR) is 146 cm³/mol. The molecule has 2 heterocycles. The zero-order valence-corrected chi connectivity index (χ0v) is 20.9. The van der Waals surface area contributed by atoms with Crippen molar-refractivity contribution >= 4 is 33.9 Å². The van der Waals surface area contributed by atoms with Gasteiger partial charge < -0.3 is 9.13 Å². The van der Waals surface area contributed by atoms with Crippen LogP contribution in [0.3, 0.4) is 0 Å². The highest BCUT2D eigenvalue weighted by atomic mass is 16.2. The molecule has 0 bridgehead atoms. The lowest BCUT2D eigenvalue weighted by Gasteiger charge is -2.14. The molecule has 0 aliphatic rings. The Hall–Kier alpha value is -4.45. The van der Waals surface area contributed by atoms with Crippen molar-refractivity contribution in [2.75, 3.05) is 0 Å². The fourth-order valence-corrected chi connectivity index (χ4v) is 4.87. The summed E-state index contributed by atoms with van der Waals surface area (Å²) in [6, 6.07) is 23.1. The van der Waals surface area contributed by atoms with E-state index in [9.17, 15) is 9.59 Å². The Morgan fingerprint density at radius 1 is 0.889 bits per heavy atom. The van der Waals surface area contributed by atoms with E-state index in [2.05, 4.69) is 67.1 Å². The molecule has 6 heteroatoms. The summed E-state index contributed by atoms with van der Waals surface area (Å²) in [5, 5.41) is 5.43. The van der Waals surface area contributed by atoms with Gasteiger partial charge in [0.25, 0.3) is 5.91 Å². The normalized spacial score (nSPS) is 11.6. The fourth-order valence-electron chi connectivity index (χ4n) is 4.87. The van der Waals surface area contributed by atoms with Gasteiger partial charge in [0.15, 0.2) is 5.43 Å². The van der Waals surface area contributed by atoms with Crippen molar-refractivity contribution in [3.8, 4) is 5.69 Å². The van der Waals surface area contributed by atoms with Crippen LogP contribution in [0.2, 0.25) is 0 Å². The second kappa shape index (κ2) is 9.30. The first kappa shape index (κ1) is 23.3. The first-order chi connectivity index (χ1) is 17.4. The molecule has 1 amide bonds. The maximum Gasteiger partial charge on any atom is 0.260 e. The Labute approximate surface area is 209 Å². The predicted octanol–water partition coefficient (Wildman–Crippen LogP) is 5.33. The molecule has 0 saturated carbocycles. The van der Waals surface area contributed by atoms with Crippen molar-refractivity contribution < 1.29 is 4.79 Å². The number of hydrogen-bond donors (Lipinski definition) is 1. The summed E-state index contributed by atoms with van der Waals surface area (Å²) in [7, 11) is 0. The number of carbonyl (C=O) groups excluding carboxylic acids is 1. The standard InChI is InChI=1S/C30H28N4O2/c1-19-10-9-15-26(21(19)3)34-20(2)16-23(22(34)4)17-31-32-29(35)18-33-27-13-7-5-11-24(27)30(36)25-12-6-8-14-28(25)33/h5-17H,18H2,1-4H3,(H,32,35)/b31-17-. The molecule has 0 fully saturated rings. The van der Waals surface area contributed by atoms with E-state index in [4.69, 9.17) is 0 Å². The van der Waals surface area contributed by atoms with E-state index < -0.39 is 0 Å². The molecule has 0 spiro atoms. The smallest absolute Gasteiger partial charge is 0.260 e. The highest BCUT2D eigenvalue weighted by Gasteiger charge is 2.14. The largest absolute Gasteiger partial charge is 0.331 e. The van der Waals surface area contributed by atoms with E-state index in [0.717, 1.165) is 33.7 Å². The van der Waals surface area contributed by atoms with Crippen LogP contribution in [0.4, 0.5) is 0 Å². The second-order valence-electron chi connectivity index (χ2n) is 9.12. The van der Waals surface area contributed by atoms with Gasteiger partial charge in [-0.2, -0.15) is 5.10 Å². The van der Waals surface area contributed by atoms with E-state index in [0.29, 0.717) is 10.8 Å². The van der Waals surface area contributed by atoms with Gasteiger partial charge in [-0.3, -0.25) is 9.59 Å². The number of hydrazone groups is 1. The average molecular weight is 477 g/mol. The van der Waals surface area contributed by atoms with Gasteiger partial charge in [0.1, 0.15) is 6.54 Å². The number of aryl methyl sites for hydroxylation is 2. The minimum atomic E-state index is -0.270. The fraction of sp³-hybridized carbons (Fsp3) is 0.167. The quantitative estimate of drug-likeness (QED) is 0.212. The first-order valence-electron chi connectivity index (χ1n) is 11.9. The summed E-state index contributed by atoms with van der Waals surface area (Å²) in [5.41, 5.74) is 10.8. The number of aromatic nitrogens is 2. The van der Waals surface area contributed by atoms with E-state index in [1.807, 2.05) is 41.0 Å². The highest BCUT2D eigenvalue weighted by Crippen LogP contribution is 2.24. The Kier molecular flexibility index (Phi) is 6.02. The number of benzene rings is 3. The molecular formula is C30H28N4O2. The Bertz CT molecular complexity index is 1660. The molecule has 0 unspecified atom stereocenters. The lowest BCUT2D eigenvalue weighted by atomic mass is 10.1. The minimum absolute atomic E-state index is 0.0323. The number of para-hydroxylation sites is 2. The Morgan fingerprint density at radius 2 is 1.53 bits per heavy atom. The minimum Gasteiger partial charge on any atom is -0.331 e. The van der Waals surface area contributed by atoms with Crippen molar-refractivity contribution in [1.29, 1.82) is 0 Å². The summed E-state index contributed by atoms with van der Waals surface area (Å²) in [5.74, 6) is -0.270. The van der Waals surface area contributed by atoms with Gasteiger partial charge in [-0.25, -0.2) is 5.43 Å². The van der Waals surface area contributed by atoms with E-state index in [1.165, 1.54) is 11.1 Å². The number of fused-ring (bicyclic) bond motifs is 2. The van der Waals surface area contributed by atoms with Crippen molar-refractivity contribution in [3.05, 3.63) is 111 Å². The molecule has 5 aromatic rings. The van der Waals surface area contributed by atoms with Crippen molar-refractivity contribution in [2.24, 2.45) is 5.10 Å². The van der Waals surface area contributed by atoms with Gasteiger partial charge >= 0.3 is 0 Å². The number of rotatable bonds is 5. The molecule has 0 radical (unpaired) electrons. The number of nitrogens with zero attached hydrogens (tertiary/aromatic N) is 3. The van der Waals surface area contributed by atoms with Gasteiger partial charge in [-0.05, 0) is 75.2 Å². The van der Waals surface area contributed by atoms with Crippen LogP contribution in [-0.4, -0.2) is 21.3 Å². The monoisotopic (exact) mass is 476 g/mol. The number of nitrogens with one attached hydrogen (secondary N) is 1. The lowest BCUT2D eigenvalue weighted by Crippen LogP contribution is -2.25. The first-order valence-corrected chi connectivity index (χ1v) is 11.9. The molecule has 0 aliphatic heterocycles. The zero-order chi connectivity index (χ0) is 25.4. The number of amides is 1. The Morgan fingerprint density at radius 3 is 2.19 bits per heavy atom. The van der Waals surface area contributed by atoms with E-state index in [1.54, 1.807) is 18.3 Å². The van der Waals surface area contributed by atoms with Crippen LogP contribution in [0, 0.1) is 27.7 Å². The maximum absolute atomic E-state index is 12.9. The van der Waals surface area contributed by atoms with Gasteiger partial charge in [0.05, 0.1) is 17.2 Å². The molecule has 5 rings (SSSR count). The molecule has 2 aromatic heterocycles. The molecule has 1 N–H and O–H groups in total. The third-order valence-electron chi connectivity index (χ3n) is 6.86. The van der Waals surface area contributed by atoms with E-state index >= 15 is 0 Å². The van der Waals surface area contributed by atoms with Crippen LogP contribution in [0.25, 0.3) is 27.5 Å². The van der Waals surface area contributed by atoms with Gasteiger partial charge in [0.2, 0.25) is 0 Å². The van der Waals surface area contributed by atoms with Crippen molar-refractivity contribution in [1.82, 2.24) is 14.6 Å². The highest BCUT2D eigenvalue weighted by molar-refractivity contribution is 5.95. The van der Waals surface area contributed by atoms with Crippen LogP contribution >= 0.6 is 0 Å². The summed E-state index contributed by atoms with van der Waals surface area (Å²) in [6.45, 7) is 8.40. The summed E-state index contributed by atoms with van der Waals surface area (Å²) < 4.78 is 4.08. The van der Waals surface area contributed by atoms with Gasteiger partial charge in [0, 0.05) is 33.4 Å². The third kappa shape index (κ3) is 4.01. The molecule has 6 nitrogen and oxygen atoms in total. The molecule has 3 aromatic carbocycles. The van der Waals surface area contributed by atoms with Gasteiger partial charge in [-0.15, -0.1) is 0 Å². The number of carbonyl (C=O) groups is 1. The summed E-state index contributed by atoms with van der Waals surface area (Å²) in [6.07, 6.45) is 1.68. The molecule has 0 saturated heterocycles. The second-order valence-corrected chi connectivity index (χ2v) is 9.12. The van der Waals surface area contributed by atoms with Crippen LogP contribution < -0.4 is 10.9 Å². The van der Waals surface area contributed by atoms with E-state index in [-0.39, 0.29) is 17.9 Å². The maximum atomic E-state index is 12.9. The van der Waals surface area contributed by atoms with Crippen LogP contribution in [0.5, 0.6) is 0 Å². The number of hydrogen-bond acceptors (Lipinski definition) is 3. The zero-order valence-electron chi connectivity index (χ0n) is 20.9. The SMILES string of the molecule is Cc1cccc(-n2c(C)cc(/C=N\NC(=O)Cn3c4ccccc4c(=O)c4ccccc43)c2C)c1C. The van der Waals surface area contributed by atoms with Gasteiger partial charge in [-0.1, -0.05) is 36.4 Å². The molecule has 36 heavy (non-hydrogen) atoms. The average Bonchev–Trinajstić information content (AvgIpc) is 3.16. The van der Waals surface area contributed by atoms with Crippen LogP contribution in [0.1, 0.15) is 28.1 Å². The van der Waals surface area contributed by atoms with Crippen molar-refractivity contribution in [2.45, 2.75) is 34.2 Å². The van der Waals surface area contributed by atoms with Crippen LogP contribution in [-0.2, 0) is 11.3 Å². The molecule has 0 aliphatic carbocycles. The molecular weight excluding hydrogens is 448 g/mol. The topological polar surface area (TPSA) is 68.4 Å². The molecule has 0 atom stereocenters. The van der Waals surface area contributed by atoms with Crippen molar-refractivity contribution in [3.63, 3.8) is 0 Å². The third-order valence-corrected chi connectivity index (χ3v) is 6.86. The molecule has 180 valence electrons. The lowest BCUT2D eigenvalue weighted by molar-refractivity contribution is -0.121. The number of pyridine rings is 1. The van der Waals surface area contributed by atoms with Crippen LogP contribution in [0.15, 0.2) is 82.7 Å². The summed E-state index contributed by atoms with van der Waals surface area (Å²) in [4.78, 5) is 25.8. The summed E-state index contributed by atoms with van der Waals surface area (Å²) >= 11 is 0. The Balaban J connectivity index is 1.42.